The van der Waals surface area contributed by atoms with Gasteiger partial charge in [0, 0.05) is 48.4 Å². The number of nitrogens with one attached hydrogen (secondary N) is 1. The van der Waals surface area contributed by atoms with Crippen molar-refractivity contribution in [3.8, 4) is 5.75 Å². The zero-order chi connectivity index (χ0) is 74.1. The van der Waals surface area contributed by atoms with Crippen LogP contribution in [0.3, 0.4) is 0 Å². The molecular formula is C65H79Cl5N5O20PS2. The Labute approximate surface area is 597 Å². The van der Waals surface area contributed by atoms with E-state index in [2.05, 4.69) is 31.8 Å². The topological polar surface area (TPSA) is 361 Å². The smallest absolute Gasteiger partial charge is 0.349 e. The third-order valence-corrected chi connectivity index (χ3v) is 17.2. The molecule has 25 nitrogen and oxygen atoms in total. The van der Waals surface area contributed by atoms with Gasteiger partial charge in [0.2, 0.25) is 5.91 Å². The number of aryl methyl sites for hydroxylation is 2. The number of fused-ring (bicyclic) bond motifs is 1. The van der Waals surface area contributed by atoms with E-state index in [1.54, 1.807) is 42.0 Å². The summed E-state index contributed by atoms with van der Waals surface area (Å²) in [6.45, 7) is 10.3. The van der Waals surface area contributed by atoms with Gasteiger partial charge in [-0.15, -0.1) is 11.6 Å². The van der Waals surface area contributed by atoms with E-state index >= 15 is 0 Å². The number of nitrogens with zero attached hydrogens (tertiary/aromatic N) is 4. The number of imide groups is 1. The number of hydrogen-bond donors (Lipinski definition) is 3. The summed E-state index contributed by atoms with van der Waals surface area (Å²) in [5.74, 6) is -5.75. The molecule has 536 valence electrons. The first kappa shape index (κ1) is 85.6. The third-order valence-electron chi connectivity index (χ3n) is 14.2. The molecular weight excluding hydrogens is 1440 g/mol. The van der Waals surface area contributed by atoms with Crippen molar-refractivity contribution < 1.29 is 90.2 Å². The number of rotatable bonds is 19. The largest absolute Gasteiger partial charge is 0.778 e. The van der Waals surface area contributed by atoms with Crippen LogP contribution in [0.15, 0.2) is 99.9 Å². The number of ether oxygens (including phenoxy) is 3. The summed E-state index contributed by atoms with van der Waals surface area (Å²) in [4.78, 5) is 138. The quantitative estimate of drug-likeness (QED) is 0.00750. The highest BCUT2D eigenvalue weighted by atomic mass is 35.5. The fourth-order valence-electron chi connectivity index (χ4n) is 9.97. The Kier molecular flexibility index (Phi) is 35.5. The lowest BCUT2D eigenvalue weighted by atomic mass is 9.81. The lowest BCUT2D eigenvalue weighted by Gasteiger charge is -2.35. The Hall–Kier alpha value is -6.59. The molecule has 0 saturated heterocycles. The lowest BCUT2D eigenvalue weighted by Crippen LogP contribution is -2.47. The molecule has 3 unspecified atom stereocenters. The van der Waals surface area contributed by atoms with Crippen LogP contribution in [0.4, 0.5) is 22.7 Å². The Balaban J connectivity index is 0.000000323. The molecule has 33 heteroatoms. The van der Waals surface area contributed by atoms with E-state index in [0.717, 1.165) is 66.2 Å². The van der Waals surface area contributed by atoms with Gasteiger partial charge < -0.3 is 43.5 Å². The van der Waals surface area contributed by atoms with Gasteiger partial charge in [0.05, 0.1) is 89.3 Å². The minimum Gasteiger partial charge on any atom is -0.778 e. The number of sulfone groups is 1. The first-order valence-corrected chi connectivity index (χ1v) is 38.4. The van der Waals surface area contributed by atoms with E-state index in [-0.39, 0.29) is 71.0 Å². The fraction of sp³-hybridized carbons (Fsp3) is 0.431. The van der Waals surface area contributed by atoms with Crippen LogP contribution in [0.2, 0.25) is 5.02 Å². The molecule has 1 saturated carbocycles. The molecule has 4 aromatic carbocycles. The third kappa shape index (κ3) is 25.5. The maximum atomic E-state index is 12.7. The van der Waals surface area contributed by atoms with E-state index in [4.69, 9.17) is 82.2 Å². The fourth-order valence-corrected chi connectivity index (χ4v) is 11.7. The van der Waals surface area contributed by atoms with Crippen molar-refractivity contribution in [2.24, 2.45) is 5.92 Å². The summed E-state index contributed by atoms with van der Waals surface area (Å²) < 4.78 is 48.4. The molecule has 0 bridgehead atoms. The molecule has 3 atom stereocenters. The molecule has 0 radical (unpaired) electrons. The van der Waals surface area contributed by atoms with E-state index < -0.39 is 86.5 Å². The molecule has 1 fully saturated rings. The summed E-state index contributed by atoms with van der Waals surface area (Å²) in [5.41, 5.74) is 4.81. The van der Waals surface area contributed by atoms with E-state index in [1.165, 1.54) is 11.0 Å². The number of ketones is 3. The maximum Gasteiger partial charge on any atom is 0.349 e. The SMILES string of the molecule is CC1COc2ccccc2N1C(=O)C(Cl)Cl.CCOC(=O)/C(Cl)=C/c1cc(N2C(=O)C3=C(CCCC3)C2=O)ccc1Cl.CCc1cccc(C)c1N(C(=O)CCl)C(C)COC.CS(=O)(=O)c1ccc(C(=O)C2C(=O)CCCC2=O)c([N+](=O)[O-])c1.C[S+](C)C.O=C(O)CNCP(=O)([O-])O. The van der Waals surface area contributed by atoms with Crippen molar-refractivity contribution in [2.45, 2.75) is 108 Å². The number of benzene rings is 4. The summed E-state index contributed by atoms with van der Waals surface area (Å²) in [6.07, 6.45) is 12.6. The molecule has 2 aliphatic heterocycles. The van der Waals surface area contributed by atoms with E-state index in [9.17, 15) is 71.1 Å². The zero-order valence-corrected chi connectivity index (χ0v) is 61.8. The van der Waals surface area contributed by atoms with Gasteiger partial charge in [-0.05, 0) is 142 Å². The Morgan fingerprint density at radius 3 is 2.02 bits per heavy atom. The van der Waals surface area contributed by atoms with Crippen LogP contribution in [-0.4, -0.2) is 164 Å². The van der Waals surface area contributed by atoms with E-state index in [0.29, 0.717) is 76.5 Å². The van der Waals surface area contributed by atoms with Gasteiger partial charge in [0.15, 0.2) is 32.0 Å². The predicted molar refractivity (Wildman–Crippen MR) is 378 cm³/mol. The maximum absolute atomic E-state index is 12.7. The molecule has 3 N–H and O–H groups in total. The number of para-hydroxylation sites is 3. The van der Waals surface area contributed by atoms with Gasteiger partial charge in [0.25, 0.3) is 23.4 Å². The number of carboxylic acids is 1. The summed E-state index contributed by atoms with van der Waals surface area (Å²) in [5, 5.41) is 21.3. The summed E-state index contributed by atoms with van der Waals surface area (Å²) in [7, 11) is -5.77. The van der Waals surface area contributed by atoms with Crippen LogP contribution >= 0.6 is 65.6 Å². The van der Waals surface area contributed by atoms with Gasteiger partial charge in [-0.1, -0.05) is 83.7 Å². The number of aliphatic carboxylic acids is 1. The second kappa shape index (κ2) is 40.6. The monoisotopic (exact) mass is 1520 g/mol. The molecule has 4 amide bonds. The van der Waals surface area contributed by atoms with Gasteiger partial charge in [-0.25, -0.2) is 18.1 Å². The molecule has 4 aromatic rings. The number of amides is 4. The van der Waals surface area contributed by atoms with Crippen LogP contribution < -0.4 is 29.6 Å². The number of hydrogen-bond acceptors (Lipinski definition) is 19. The molecule has 2 heterocycles. The Morgan fingerprint density at radius 2 is 1.51 bits per heavy atom. The van der Waals surface area contributed by atoms with Crippen molar-refractivity contribution in [1.29, 1.82) is 0 Å². The number of esters is 1. The van der Waals surface area contributed by atoms with Crippen molar-refractivity contribution >= 4 is 168 Å². The number of nitro benzene ring substituents is 1. The summed E-state index contributed by atoms with van der Waals surface area (Å²) >= 11 is 29.1. The van der Waals surface area contributed by atoms with Gasteiger partial charge in [-0.3, -0.25) is 53.8 Å². The first-order valence-electron chi connectivity index (χ1n) is 30.1. The average Bonchev–Trinajstić information content (AvgIpc) is 1.60. The number of anilines is 3. The van der Waals surface area contributed by atoms with Crippen LogP contribution in [-0.2, 0) is 79.5 Å². The zero-order valence-electron chi connectivity index (χ0n) is 55.5. The number of methoxy groups -OCH3 is 1. The van der Waals surface area contributed by atoms with Crippen LogP contribution in [0.5, 0.6) is 5.75 Å². The van der Waals surface area contributed by atoms with Crippen molar-refractivity contribution in [2.75, 3.05) is 85.4 Å². The average molecular weight is 1520 g/mol. The minimum absolute atomic E-state index is 0.0223. The van der Waals surface area contributed by atoms with Gasteiger partial charge >= 0.3 is 11.9 Å². The predicted octanol–water partition coefficient (Wildman–Crippen LogP) is 9.77. The standard InChI is InChI=1S/C19H17Cl2NO4.C15H22ClNO2.C14H13NO7S.C11H11Cl2NO2.C3H8NO5P.C3H9S/c1-2-26-19(25)16(21)10-11-9-12(7-8-15(11)20)22-17(23)13-5-3-4-6-14(13)18(22)24;1-5-13-8-6-7-11(2)15(13)17(14(18)9-16)12(3)10-19-4;1-23(21,22)8-5-6-9(10(7-8)15(19)20)14(18)13-11(16)3-2-4-12(13)17;1-7-6-16-9-5-3-2-4-8(9)14(7)11(15)10(12)13;5-3(6)1-4-2-10(7,8)9;1-4(2)3/h7-10H,2-6H2,1H3;6-8,12H,5,9-10H2,1-4H3;5-7,13H,2-4H2,1H3;2-5,7,10H,6H2,1H3;4H,1-2H2,(H,5,6)(H2,7,8,9);1-3H3/q;;;;;+1/p-1/b16-10-;;;;;. The normalized spacial score (nSPS) is 16.1. The van der Waals surface area contributed by atoms with Crippen LogP contribution in [0.25, 0.3) is 6.08 Å². The number of Topliss-reactive ketones (excluding diaryl/α,β-unsaturated/α-hetero) is 3. The lowest BCUT2D eigenvalue weighted by molar-refractivity contribution is -0.385. The second-order valence-electron chi connectivity index (χ2n) is 22.4. The van der Waals surface area contributed by atoms with Gasteiger partial charge in [0.1, 0.15) is 36.8 Å². The molecule has 4 aliphatic rings. The van der Waals surface area contributed by atoms with Crippen molar-refractivity contribution in [3.05, 3.63) is 132 Å². The highest BCUT2D eigenvalue weighted by Crippen LogP contribution is 2.39. The molecule has 8 rings (SSSR count). The summed E-state index contributed by atoms with van der Waals surface area (Å²) in [6, 6.07) is 20.8. The molecule has 0 spiro atoms. The number of carbonyl (C=O) groups is 9. The van der Waals surface area contributed by atoms with E-state index in [1.807, 2.05) is 62.5 Å². The van der Waals surface area contributed by atoms with Crippen LogP contribution in [0, 0.1) is 23.0 Å². The first-order chi connectivity index (χ1) is 45.9. The van der Waals surface area contributed by atoms with Crippen molar-refractivity contribution in [1.82, 2.24) is 5.32 Å². The molecule has 98 heavy (non-hydrogen) atoms. The minimum atomic E-state index is -4.35. The highest BCUT2D eigenvalue weighted by Gasteiger charge is 2.41. The second-order valence-corrected chi connectivity index (χ2v) is 30.7. The van der Waals surface area contributed by atoms with Crippen LogP contribution in [0.1, 0.15) is 99.7 Å². The number of carbonyl (C=O) groups excluding carboxylic acids is 8. The number of nitro groups is 1. The molecule has 2 aliphatic carbocycles. The van der Waals surface area contributed by atoms with Crippen molar-refractivity contribution in [3.63, 3.8) is 0 Å². The number of halogens is 5. The number of alkyl halides is 3. The van der Waals surface area contributed by atoms with Gasteiger partial charge in [-0.2, -0.15) is 0 Å². The Morgan fingerprint density at radius 1 is 0.918 bits per heavy atom. The molecule has 0 aromatic heterocycles. The Bertz CT molecular complexity index is 3770. The highest BCUT2D eigenvalue weighted by molar-refractivity contribution is 7.94. The number of carboxylic acid groups (broad SMARTS) is 1.